The van der Waals surface area contributed by atoms with Gasteiger partial charge in [0.05, 0.1) is 6.61 Å². The maximum Gasteiger partial charge on any atom is 0.248 e. The smallest absolute Gasteiger partial charge is 0.248 e. The van der Waals surface area contributed by atoms with Gasteiger partial charge in [0.25, 0.3) is 0 Å². The summed E-state index contributed by atoms with van der Waals surface area (Å²) in [4.78, 5) is 16.8. The summed E-state index contributed by atoms with van der Waals surface area (Å²) in [6.07, 6.45) is 0. The molecule has 0 spiro atoms. The van der Waals surface area contributed by atoms with Crippen LogP contribution in [0.3, 0.4) is 0 Å². The van der Waals surface area contributed by atoms with Crippen molar-refractivity contribution in [3.8, 4) is 0 Å². The van der Waals surface area contributed by atoms with E-state index in [1.54, 1.807) is 19.2 Å². The van der Waals surface area contributed by atoms with Crippen LogP contribution >= 0.6 is 0 Å². The number of rotatable bonds is 10. The Morgan fingerprint density at radius 1 is 1.13 bits per heavy atom. The van der Waals surface area contributed by atoms with Gasteiger partial charge in [0.2, 0.25) is 5.91 Å². The molecule has 0 unspecified atom stereocenters. The first-order chi connectivity index (χ1) is 15.0. The number of hydrogen-bond acceptors (Lipinski definition) is 4. The van der Waals surface area contributed by atoms with Crippen molar-refractivity contribution < 1.29 is 18.7 Å². The fourth-order valence-electron chi connectivity index (χ4n) is 4.48. The third kappa shape index (κ3) is 6.60. The Kier molecular flexibility index (Phi) is 8.58. The van der Waals surface area contributed by atoms with Crippen molar-refractivity contribution in [3.63, 3.8) is 0 Å². The average Bonchev–Trinajstić information content (AvgIpc) is 3.13. The second-order valence-electron chi connectivity index (χ2n) is 8.37. The molecule has 6 heteroatoms. The number of nitrogens with zero attached hydrogens (tertiary/aromatic N) is 2. The molecule has 5 nitrogen and oxygen atoms in total. The van der Waals surface area contributed by atoms with Gasteiger partial charge in [-0.25, -0.2) is 4.39 Å². The number of benzene rings is 2. The number of likely N-dealkylation sites (tertiary alicyclic amines) is 1. The first-order valence-electron chi connectivity index (χ1n) is 10.8. The predicted molar refractivity (Wildman–Crippen MR) is 119 cm³/mol. The van der Waals surface area contributed by atoms with Gasteiger partial charge in [-0.05, 0) is 36.1 Å². The van der Waals surface area contributed by atoms with Gasteiger partial charge >= 0.3 is 0 Å². The van der Waals surface area contributed by atoms with Crippen molar-refractivity contribution in [2.24, 2.45) is 5.92 Å². The van der Waals surface area contributed by atoms with Crippen molar-refractivity contribution in [3.05, 3.63) is 71.0 Å². The number of aryl methyl sites for hydroxylation is 1. The van der Waals surface area contributed by atoms with Crippen LogP contribution in [0.5, 0.6) is 0 Å². The molecule has 1 heterocycles. The quantitative estimate of drug-likeness (QED) is 0.581. The number of methoxy groups -OCH3 is 2. The Bertz CT molecular complexity index is 860. The highest BCUT2D eigenvalue weighted by Crippen LogP contribution is 2.34. The van der Waals surface area contributed by atoms with E-state index in [0.717, 1.165) is 25.2 Å². The second kappa shape index (κ2) is 11.4. The molecule has 0 bridgehead atoms. The molecule has 1 amide bonds. The van der Waals surface area contributed by atoms with Crippen molar-refractivity contribution in [2.45, 2.75) is 19.4 Å². The van der Waals surface area contributed by atoms with E-state index in [1.807, 2.05) is 11.0 Å². The lowest BCUT2D eigenvalue weighted by Crippen LogP contribution is -2.41. The van der Waals surface area contributed by atoms with Gasteiger partial charge in [0.1, 0.15) is 12.4 Å². The monoisotopic (exact) mass is 428 g/mol. The number of carbonyl (C=O) groups excluding carboxylic acids is 1. The maximum atomic E-state index is 14.0. The zero-order chi connectivity index (χ0) is 22.2. The van der Waals surface area contributed by atoms with Gasteiger partial charge in [-0.15, -0.1) is 0 Å². The number of hydrogen-bond donors (Lipinski definition) is 0. The third-order valence-electron chi connectivity index (χ3n) is 5.92. The molecule has 2 aromatic carbocycles. The minimum Gasteiger partial charge on any atom is -0.383 e. The van der Waals surface area contributed by atoms with Crippen molar-refractivity contribution in [2.75, 3.05) is 53.6 Å². The summed E-state index contributed by atoms with van der Waals surface area (Å²) in [5.74, 6) is 0.0833. The number of amides is 1. The zero-order valence-electron chi connectivity index (χ0n) is 18.7. The zero-order valence-corrected chi connectivity index (χ0v) is 18.7. The van der Waals surface area contributed by atoms with Crippen LogP contribution in [0, 0.1) is 18.7 Å². The fourth-order valence-corrected chi connectivity index (χ4v) is 4.48. The molecule has 1 aliphatic rings. The predicted octanol–water partition coefficient (Wildman–Crippen LogP) is 3.47. The Morgan fingerprint density at radius 3 is 2.65 bits per heavy atom. The second-order valence-corrected chi connectivity index (χ2v) is 8.37. The van der Waals surface area contributed by atoms with Gasteiger partial charge in [-0.1, -0.05) is 42.0 Å². The van der Waals surface area contributed by atoms with Gasteiger partial charge in [-0.3, -0.25) is 9.69 Å². The van der Waals surface area contributed by atoms with Crippen molar-refractivity contribution >= 4 is 5.91 Å². The van der Waals surface area contributed by atoms with E-state index >= 15 is 0 Å². The largest absolute Gasteiger partial charge is 0.383 e. The molecule has 168 valence electrons. The molecule has 0 radical (unpaired) electrons. The van der Waals surface area contributed by atoms with E-state index < -0.39 is 0 Å². The summed E-state index contributed by atoms with van der Waals surface area (Å²) in [5.41, 5.74) is 3.50. The van der Waals surface area contributed by atoms with E-state index in [1.165, 1.54) is 24.3 Å². The van der Waals surface area contributed by atoms with Crippen molar-refractivity contribution in [1.29, 1.82) is 0 Å². The van der Waals surface area contributed by atoms with Crippen LogP contribution in [-0.2, 0) is 20.8 Å². The van der Waals surface area contributed by atoms with Gasteiger partial charge < -0.3 is 14.4 Å². The minimum atomic E-state index is -0.222. The Morgan fingerprint density at radius 2 is 1.94 bits per heavy atom. The lowest BCUT2D eigenvalue weighted by Gasteiger charge is -2.28. The van der Waals surface area contributed by atoms with Crippen LogP contribution in [0.15, 0.2) is 48.5 Å². The van der Waals surface area contributed by atoms with Crippen molar-refractivity contribution in [1.82, 2.24) is 9.80 Å². The Balaban J connectivity index is 1.80. The Labute approximate surface area is 184 Å². The standard InChI is InChI=1S/C25H33FN2O3/c1-19-6-4-7-20(12-19)14-27-15-22(16-28(10-11-30-2)25(29)18-31-3)24(17-27)21-8-5-9-23(26)13-21/h4-9,12-13,22,24H,10-11,14-18H2,1-3H3/t22-,24-/m0/s1. The number of carbonyl (C=O) groups is 1. The first kappa shape index (κ1) is 23.4. The molecule has 0 N–H and O–H groups in total. The Hall–Kier alpha value is -2.28. The molecule has 1 aliphatic heterocycles. The maximum absolute atomic E-state index is 14.0. The van der Waals surface area contributed by atoms with E-state index in [2.05, 4.69) is 36.1 Å². The molecule has 1 fully saturated rings. The lowest BCUT2D eigenvalue weighted by molar-refractivity contribution is -0.136. The minimum absolute atomic E-state index is 0.0466. The summed E-state index contributed by atoms with van der Waals surface area (Å²) in [6, 6.07) is 15.4. The molecular formula is C25H33FN2O3. The van der Waals surface area contributed by atoms with Crippen LogP contribution in [0.1, 0.15) is 22.6 Å². The molecule has 31 heavy (non-hydrogen) atoms. The molecule has 1 saturated heterocycles. The van der Waals surface area contributed by atoms with Crippen LogP contribution in [0.4, 0.5) is 4.39 Å². The molecular weight excluding hydrogens is 395 g/mol. The number of halogens is 1. The van der Waals surface area contributed by atoms with Gasteiger partial charge in [0, 0.05) is 52.9 Å². The average molecular weight is 429 g/mol. The van der Waals surface area contributed by atoms with Crippen LogP contribution < -0.4 is 0 Å². The van der Waals surface area contributed by atoms with Crippen LogP contribution in [0.25, 0.3) is 0 Å². The highest BCUT2D eigenvalue weighted by atomic mass is 19.1. The summed E-state index contributed by atoms with van der Waals surface area (Å²) >= 11 is 0. The molecule has 2 atom stereocenters. The summed E-state index contributed by atoms with van der Waals surface area (Å²) in [5, 5.41) is 0. The van der Waals surface area contributed by atoms with E-state index in [9.17, 15) is 9.18 Å². The molecule has 2 aromatic rings. The van der Waals surface area contributed by atoms with Gasteiger partial charge in [-0.2, -0.15) is 0 Å². The summed E-state index contributed by atoms with van der Waals surface area (Å²) in [7, 11) is 3.16. The fraction of sp³-hybridized carbons (Fsp3) is 0.480. The SMILES string of the molecule is COCCN(C[C@@H]1CN(Cc2cccc(C)c2)C[C@H]1c1cccc(F)c1)C(=O)COC. The highest BCUT2D eigenvalue weighted by molar-refractivity contribution is 5.77. The van der Waals surface area contributed by atoms with Crippen LogP contribution in [-0.4, -0.2) is 69.3 Å². The van der Waals surface area contributed by atoms with E-state index in [-0.39, 0.29) is 30.2 Å². The van der Waals surface area contributed by atoms with E-state index in [0.29, 0.717) is 19.7 Å². The third-order valence-corrected chi connectivity index (χ3v) is 5.92. The lowest BCUT2D eigenvalue weighted by atomic mass is 9.88. The van der Waals surface area contributed by atoms with Crippen LogP contribution in [0.2, 0.25) is 0 Å². The first-order valence-corrected chi connectivity index (χ1v) is 10.8. The number of ether oxygens (including phenoxy) is 2. The highest BCUT2D eigenvalue weighted by Gasteiger charge is 2.35. The topological polar surface area (TPSA) is 42.0 Å². The molecule has 0 saturated carbocycles. The normalized spacial score (nSPS) is 19.0. The van der Waals surface area contributed by atoms with Gasteiger partial charge in [0.15, 0.2) is 0 Å². The molecule has 0 aromatic heterocycles. The van der Waals surface area contributed by atoms with E-state index in [4.69, 9.17) is 9.47 Å². The summed E-state index contributed by atoms with van der Waals surface area (Å²) in [6.45, 7) is 6.25. The molecule has 0 aliphatic carbocycles. The summed E-state index contributed by atoms with van der Waals surface area (Å²) < 4.78 is 24.3. The molecule has 3 rings (SSSR count).